The fourth-order valence-corrected chi connectivity index (χ4v) is 2.53. The Hall–Kier alpha value is -2.73. The second kappa shape index (κ2) is 5.81. The number of carbonyl (C=O) groups is 1. The van der Waals surface area contributed by atoms with Crippen molar-refractivity contribution < 1.29 is 4.79 Å². The molecule has 0 aliphatic carbocycles. The lowest BCUT2D eigenvalue weighted by Crippen LogP contribution is -2.19. The first-order valence-corrected chi connectivity index (χ1v) is 7.37. The molecule has 0 aliphatic rings. The molecule has 2 aromatic heterocycles. The standard InChI is InChI=1S/C17H19N5O/c1-11(21(2)3)17-20-14(13-6-4-12(10-23)5-7-13)15-16(18)19-8-9-22(15)17/h4-11H,1-3H3,(H2,18,19)/t11-/m0/s1. The number of hydrogen-bond donors (Lipinski definition) is 1. The zero-order valence-electron chi connectivity index (χ0n) is 13.4. The van der Waals surface area contributed by atoms with Crippen molar-refractivity contribution >= 4 is 17.6 Å². The molecule has 23 heavy (non-hydrogen) atoms. The number of aldehydes is 1. The molecule has 0 bridgehead atoms. The number of anilines is 1. The van der Waals surface area contributed by atoms with E-state index >= 15 is 0 Å². The summed E-state index contributed by atoms with van der Waals surface area (Å²) in [5.74, 6) is 1.33. The molecular formula is C17H19N5O. The normalized spacial score (nSPS) is 12.7. The van der Waals surface area contributed by atoms with Crippen LogP contribution in [0.15, 0.2) is 36.7 Å². The minimum Gasteiger partial charge on any atom is -0.382 e. The Balaban J connectivity index is 2.25. The van der Waals surface area contributed by atoms with E-state index in [2.05, 4.69) is 16.8 Å². The summed E-state index contributed by atoms with van der Waals surface area (Å²) in [7, 11) is 4.02. The number of benzene rings is 1. The lowest BCUT2D eigenvalue weighted by molar-refractivity contribution is 0.112. The quantitative estimate of drug-likeness (QED) is 0.749. The molecule has 3 rings (SSSR count). The van der Waals surface area contributed by atoms with E-state index in [0.29, 0.717) is 11.4 Å². The van der Waals surface area contributed by atoms with Crippen LogP contribution in [0.2, 0.25) is 0 Å². The average Bonchev–Trinajstić information content (AvgIpc) is 2.95. The van der Waals surface area contributed by atoms with E-state index in [-0.39, 0.29) is 6.04 Å². The summed E-state index contributed by atoms with van der Waals surface area (Å²) in [6.45, 7) is 2.09. The summed E-state index contributed by atoms with van der Waals surface area (Å²) >= 11 is 0. The number of nitrogen functional groups attached to an aromatic ring is 1. The number of carbonyl (C=O) groups excluding carboxylic acids is 1. The van der Waals surface area contributed by atoms with E-state index in [1.807, 2.05) is 36.8 Å². The molecular weight excluding hydrogens is 290 g/mol. The van der Waals surface area contributed by atoms with Gasteiger partial charge in [-0.05, 0) is 21.0 Å². The van der Waals surface area contributed by atoms with Crippen LogP contribution in [0.5, 0.6) is 0 Å². The first-order chi connectivity index (χ1) is 11.0. The Morgan fingerprint density at radius 1 is 1.26 bits per heavy atom. The van der Waals surface area contributed by atoms with Crippen LogP contribution >= 0.6 is 0 Å². The molecule has 0 saturated heterocycles. The van der Waals surface area contributed by atoms with Crippen LogP contribution < -0.4 is 5.73 Å². The minimum absolute atomic E-state index is 0.118. The van der Waals surface area contributed by atoms with Gasteiger partial charge >= 0.3 is 0 Å². The van der Waals surface area contributed by atoms with Gasteiger partial charge in [0.2, 0.25) is 0 Å². The van der Waals surface area contributed by atoms with E-state index in [4.69, 9.17) is 10.7 Å². The third kappa shape index (κ3) is 2.57. The van der Waals surface area contributed by atoms with Crippen molar-refractivity contribution in [3.8, 4) is 11.3 Å². The largest absolute Gasteiger partial charge is 0.382 e. The van der Waals surface area contributed by atoms with Crippen LogP contribution in [-0.2, 0) is 0 Å². The molecule has 0 aliphatic heterocycles. The van der Waals surface area contributed by atoms with Crippen molar-refractivity contribution in [2.24, 2.45) is 0 Å². The van der Waals surface area contributed by atoms with Crippen LogP contribution in [0.1, 0.15) is 29.1 Å². The van der Waals surface area contributed by atoms with Crippen molar-refractivity contribution in [1.82, 2.24) is 19.3 Å². The van der Waals surface area contributed by atoms with Crippen LogP contribution in [-0.4, -0.2) is 39.7 Å². The van der Waals surface area contributed by atoms with Gasteiger partial charge in [0.05, 0.1) is 6.04 Å². The van der Waals surface area contributed by atoms with Crippen LogP contribution in [0.3, 0.4) is 0 Å². The maximum atomic E-state index is 10.8. The highest BCUT2D eigenvalue weighted by molar-refractivity contribution is 5.86. The smallest absolute Gasteiger partial charge is 0.150 e. The zero-order valence-corrected chi connectivity index (χ0v) is 13.4. The third-order valence-corrected chi connectivity index (χ3v) is 4.08. The van der Waals surface area contributed by atoms with E-state index in [1.54, 1.807) is 18.3 Å². The van der Waals surface area contributed by atoms with Gasteiger partial charge in [0.25, 0.3) is 0 Å². The summed E-state index contributed by atoms with van der Waals surface area (Å²) in [6.07, 6.45) is 4.37. The molecule has 0 fully saturated rings. The number of nitrogens with zero attached hydrogens (tertiary/aromatic N) is 4. The topological polar surface area (TPSA) is 76.5 Å². The van der Waals surface area contributed by atoms with Gasteiger partial charge in [-0.25, -0.2) is 9.97 Å². The number of imidazole rings is 1. The number of rotatable bonds is 4. The molecule has 0 unspecified atom stereocenters. The number of fused-ring (bicyclic) bond motifs is 1. The molecule has 2 N–H and O–H groups in total. The van der Waals surface area contributed by atoms with Gasteiger partial charge in [-0.2, -0.15) is 0 Å². The molecule has 0 saturated carbocycles. The highest BCUT2D eigenvalue weighted by atomic mass is 16.1. The molecule has 0 radical (unpaired) electrons. The molecule has 0 spiro atoms. The maximum absolute atomic E-state index is 10.8. The Kier molecular flexibility index (Phi) is 3.83. The summed E-state index contributed by atoms with van der Waals surface area (Å²) in [6, 6.07) is 7.42. The Morgan fingerprint density at radius 3 is 2.57 bits per heavy atom. The van der Waals surface area contributed by atoms with Gasteiger partial charge in [-0.3, -0.25) is 14.1 Å². The summed E-state index contributed by atoms with van der Waals surface area (Å²) in [5, 5.41) is 0. The SMILES string of the molecule is C[C@@H](c1nc(-c2ccc(C=O)cc2)c2c(N)nccn12)N(C)C. The van der Waals surface area contributed by atoms with E-state index in [1.165, 1.54) is 0 Å². The van der Waals surface area contributed by atoms with E-state index in [0.717, 1.165) is 28.9 Å². The predicted molar refractivity (Wildman–Crippen MR) is 90.3 cm³/mol. The summed E-state index contributed by atoms with van der Waals surface area (Å²) in [5.41, 5.74) is 9.20. The number of aromatic nitrogens is 3. The predicted octanol–water partition coefficient (Wildman–Crippen LogP) is 2.41. The Bertz CT molecular complexity index is 851. The van der Waals surface area contributed by atoms with Crippen molar-refractivity contribution in [2.75, 3.05) is 19.8 Å². The molecule has 2 heterocycles. The third-order valence-electron chi connectivity index (χ3n) is 4.08. The van der Waals surface area contributed by atoms with Gasteiger partial charge < -0.3 is 5.73 Å². The fourth-order valence-electron chi connectivity index (χ4n) is 2.53. The van der Waals surface area contributed by atoms with Crippen molar-refractivity contribution in [3.05, 3.63) is 48.0 Å². The van der Waals surface area contributed by atoms with Gasteiger partial charge in [0, 0.05) is 23.5 Å². The number of nitrogens with two attached hydrogens (primary N) is 1. The number of hydrogen-bond acceptors (Lipinski definition) is 5. The molecule has 6 heteroatoms. The van der Waals surface area contributed by atoms with E-state index in [9.17, 15) is 4.79 Å². The van der Waals surface area contributed by atoms with Crippen LogP contribution in [0.4, 0.5) is 5.82 Å². The van der Waals surface area contributed by atoms with Gasteiger partial charge in [-0.1, -0.05) is 24.3 Å². The zero-order chi connectivity index (χ0) is 16.6. The first-order valence-electron chi connectivity index (χ1n) is 7.37. The van der Waals surface area contributed by atoms with Gasteiger partial charge in [0.1, 0.15) is 29.1 Å². The van der Waals surface area contributed by atoms with Gasteiger partial charge in [0.15, 0.2) is 0 Å². The first kappa shape index (κ1) is 15.2. The Labute approximate surface area is 134 Å². The minimum atomic E-state index is 0.118. The van der Waals surface area contributed by atoms with Crippen molar-refractivity contribution in [1.29, 1.82) is 0 Å². The fraction of sp³-hybridized carbons (Fsp3) is 0.235. The summed E-state index contributed by atoms with van der Waals surface area (Å²) < 4.78 is 1.98. The van der Waals surface area contributed by atoms with Crippen molar-refractivity contribution in [3.63, 3.8) is 0 Å². The van der Waals surface area contributed by atoms with Gasteiger partial charge in [-0.15, -0.1) is 0 Å². The monoisotopic (exact) mass is 309 g/mol. The van der Waals surface area contributed by atoms with Crippen LogP contribution in [0.25, 0.3) is 16.8 Å². The molecule has 1 atom stereocenters. The average molecular weight is 309 g/mol. The van der Waals surface area contributed by atoms with Crippen LogP contribution in [0, 0.1) is 0 Å². The highest BCUT2D eigenvalue weighted by Crippen LogP contribution is 2.30. The lowest BCUT2D eigenvalue weighted by atomic mass is 10.1. The molecule has 1 aromatic carbocycles. The second-order valence-corrected chi connectivity index (χ2v) is 5.73. The second-order valence-electron chi connectivity index (χ2n) is 5.73. The molecule has 3 aromatic rings. The Morgan fingerprint density at radius 2 is 1.96 bits per heavy atom. The molecule has 118 valence electrons. The maximum Gasteiger partial charge on any atom is 0.150 e. The summed E-state index contributed by atoms with van der Waals surface area (Å²) in [4.78, 5) is 21.9. The lowest BCUT2D eigenvalue weighted by Gasteiger charge is -2.18. The molecule has 0 amide bonds. The molecule has 6 nitrogen and oxygen atoms in total. The highest BCUT2D eigenvalue weighted by Gasteiger charge is 2.20. The van der Waals surface area contributed by atoms with E-state index < -0.39 is 0 Å². The van der Waals surface area contributed by atoms with Crippen molar-refractivity contribution in [2.45, 2.75) is 13.0 Å².